The third kappa shape index (κ3) is 4.23. The fourth-order valence-electron chi connectivity index (χ4n) is 2.49. The Morgan fingerprint density at radius 3 is 2.90 bits per heavy atom. The van der Waals surface area contributed by atoms with Gasteiger partial charge in [-0.15, -0.1) is 0 Å². The number of amides is 1. The first-order chi connectivity index (χ1) is 9.54. The van der Waals surface area contributed by atoms with Crippen molar-refractivity contribution in [3.63, 3.8) is 0 Å². The summed E-state index contributed by atoms with van der Waals surface area (Å²) in [5.74, 6) is 0.820. The van der Waals surface area contributed by atoms with Crippen LogP contribution in [0, 0.1) is 0 Å². The summed E-state index contributed by atoms with van der Waals surface area (Å²) in [5.41, 5.74) is 0.785. The Bertz CT molecular complexity index is 460. The molecular formula is C16H24N2O2. The van der Waals surface area contributed by atoms with Crippen molar-refractivity contribution in [2.75, 3.05) is 5.32 Å². The van der Waals surface area contributed by atoms with E-state index in [2.05, 4.69) is 17.6 Å². The zero-order chi connectivity index (χ0) is 14.5. The number of piperidine rings is 1. The molecule has 4 nitrogen and oxygen atoms in total. The number of hydrogen-bond acceptors (Lipinski definition) is 3. The highest BCUT2D eigenvalue weighted by Gasteiger charge is 2.24. The van der Waals surface area contributed by atoms with Crippen LogP contribution in [-0.4, -0.2) is 24.1 Å². The summed E-state index contributed by atoms with van der Waals surface area (Å²) in [6.45, 7) is 6.09. The first kappa shape index (κ1) is 14.9. The second-order valence-electron chi connectivity index (χ2n) is 5.73. The fourth-order valence-corrected chi connectivity index (χ4v) is 2.49. The van der Waals surface area contributed by atoms with Gasteiger partial charge in [-0.3, -0.25) is 4.79 Å². The quantitative estimate of drug-likeness (QED) is 0.889. The predicted molar refractivity (Wildman–Crippen MR) is 81.1 cm³/mol. The van der Waals surface area contributed by atoms with Crippen LogP contribution in [0.15, 0.2) is 24.3 Å². The van der Waals surface area contributed by atoms with E-state index in [0.29, 0.717) is 6.04 Å². The van der Waals surface area contributed by atoms with E-state index < -0.39 is 0 Å². The van der Waals surface area contributed by atoms with Crippen molar-refractivity contribution in [3.05, 3.63) is 24.3 Å². The Hall–Kier alpha value is -1.55. The lowest BCUT2D eigenvalue weighted by Gasteiger charge is -2.27. The molecule has 2 atom stereocenters. The van der Waals surface area contributed by atoms with Crippen molar-refractivity contribution in [2.45, 2.75) is 58.2 Å². The van der Waals surface area contributed by atoms with Gasteiger partial charge in [-0.05, 0) is 52.2 Å². The van der Waals surface area contributed by atoms with Gasteiger partial charge >= 0.3 is 0 Å². The molecule has 2 N–H and O–H groups in total. The number of carbonyl (C=O) groups is 1. The third-order valence-corrected chi connectivity index (χ3v) is 3.41. The molecule has 1 aliphatic rings. The topological polar surface area (TPSA) is 50.4 Å². The molecule has 0 spiro atoms. The van der Waals surface area contributed by atoms with Crippen molar-refractivity contribution >= 4 is 11.6 Å². The van der Waals surface area contributed by atoms with Gasteiger partial charge in [0.25, 0.3) is 0 Å². The number of anilines is 1. The molecule has 1 saturated heterocycles. The van der Waals surface area contributed by atoms with Crippen LogP contribution in [0.5, 0.6) is 5.75 Å². The number of benzene rings is 1. The normalized spacial score (nSPS) is 22.6. The van der Waals surface area contributed by atoms with Crippen LogP contribution in [0.4, 0.5) is 5.69 Å². The second-order valence-corrected chi connectivity index (χ2v) is 5.73. The van der Waals surface area contributed by atoms with Gasteiger partial charge in [-0.2, -0.15) is 0 Å². The predicted octanol–water partition coefficient (Wildman–Crippen LogP) is 2.94. The van der Waals surface area contributed by atoms with Crippen molar-refractivity contribution < 1.29 is 9.53 Å². The average molecular weight is 276 g/mol. The summed E-state index contributed by atoms with van der Waals surface area (Å²) >= 11 is 0. The minimum absolute atomic E-state index is 0.0400. The highest BCUT2D eigenvalue weighted by atomic mass is 16.5. The zero-order valence-corrected chi connectivity index (χ0v) is 12.5. The molecule has 1 amide bonds. The van der Waals surface area contributed by atoms with Gasteiger partial charge in [-0.1, -0.05) is 6.07 Å². The number of ether oxygens (including phenoxy) is 1. The average Bonchev–Trinajstić information content (AvgIpc) is 2.38. The Morgan fingerprint density at radius 2 is 2.20 bits per heavy atom. The molecule has 20 heavy (non-hydrogen) atoms. The summed E-state index contributed by atoms with van der Waals surface area (Å²) in [4.78, 5) is 12.2. The van der Waals surface area contributed by atoms with Crippen LogP contribution in [0.2, 0.25) is 0 Å². The van der Waals surface area contributed by atoms with E-state index in [4.69, 9.17) is 4.74 Å². The van der Waals surface area contributed by atoms with Crippen molar-refractivity contribution in [1.82, 2.24) is 5.32 Å². The van der Waals surface area contributed by atoms with Gasteiger partial charge in [0.2, 0.25) is 5.91 Å². The highest BCUT2D eigenvalue weighted by Crippen LogP contribution is 2.20. The number of nitrogens with one attached hydrogen (secondary N) is 2. The highest BCUT2D eigenvalue weighted by molar-refractivity contribution is 5.95. The molecule has 0 radical (unpaired) electrons. The SMILES string of the molecule is CC1CCCC(C(=O)Nc2cccc(OC(C)C)c2)N1. The van der Waals surface area contributed by atoms with Crippen molar-refractivity contribution in [3.8, 4) is 5.75 Å². The molecule has 0 bridgehead atoms. The van der Waals surface area contributed by atoms with E-state index in [1.165, 1.54) is 0 Å². The maximum absolute atomic E-state index is 12.2. The second kappa shape index (κ2) is 6.75. The van der Waals surface area contributed by atoms with Gasteiger partial charge in [-0.25, -0.2) is 0 Å². The van der Waals surface area contributed by atoms with Crippen LogP contribution >= 0.6 is 0 Å². The standard InChI is InChI=1S/C16H24N2O2/c1-11(2)20-14-8-5-7-13(10-14)18-16(19)15-9-4-6-12(3)17-15/h5,7-8,10-12,15,17H,4,6,9H2,1-3H3,(H,18,19). The van der Waals surface area contributed by atoms with E-state index in [0.717, 1.165) is 30.7 Å². The molecule has 0 aliphatic carbocycles. The van der Waals surface area contributed by atoms with Gasteiger partial charge < -0.3 is 15.4 Å². The molecule has 1 aliphatic heterocycles. The molecule has 2 rings (SSSR count). The molecule has 1 aromatic carbocycles. The third-order valence-electron chi connectivity index (χ3n) is 3.41. The van der Waals surface area contributed by atoms with Gasteiger partial charge in [0, 0.05) is 17.8 Å². The first-order valence-corrected chi connectivity index (χ1v) is 7.38. The Morgan fingerprint density at radius 1 is 1.40 bits per heavy atom. The number of hydrogen-bond donors (Lipinski definition) is 2. The lowest BCUT2D eigenvalue weighted by atomic mass is 9.99. The molecule has 1 heterocycles. The Kier molecular flexibility index (Phi) is 5.01. The van der Waals surface area contributed by atoms with Crippen LogP contribution < -0.4 is 15.4 Å². The van der Waals surface area contributed by atoms with Gasteiger partial charge in [0.05, 0.1) is 12.1 Å². The molecule has 1 fully saturated rings. The van der Waals surface area contributed by atoms with Crippen molar-refractivity contribution in [2.24, 2.45) is 0 Å². The van der Waals surface area contributed by atoms with E-state index in [1.807, 2.05) is 38.1 Å². The van der Waals surface area contributed by atoms with Crippen LogP contribution in [0.25, 0.3) is 0 Å². The van der Waals surface area contributed by atoms with E-state index >= 15 is 0 Å². The van der Waals surface area contributed by atoms with Crippen molar-refractivity contribution in [1.29, 1.82) is 0 Å². The maximum Gasteiger partial charge on any atom is 0.241 e. The fraction of sp³-hybridized carbons (Fsp3) is 0.562. The summed E-state index contributed by atoms with van der Waals surface area (Å²) < 4.78 is 5.63. The van der Waals surface area contributed by atoms with Crippen LogP contribution in [-0.2, 0) is 4.79 Å². The van der Waals surface area contributed by atoms with Crippen LogP contribution in [0.3, 0.4) is 0 Å². The van der Waals surface area contributed by atoms with E-state index in [9.17, 15) is 4.79 Å². The van der Waals surface area contributed by atoms with Gasteiger partial charge in [0.1, 0.15) is 5.75 Å². The molecule has 4 heteroatoms. The monoisotopic (exact) mass is 276 g/mol. The van der Waals surface area contributed by atoms with Crippen LogP contribution in [0.1, 0.15) is 40.0 Å². The molecule has 0 saturated carbocycles. The summed E-state index contributed by atoms with van der Waals surface area (Å²) in [5, 5.41) is 6.30. The molecule has 2 unspecified atom stereocenters. The Labute approximate surface area is 120 Å². The molecule has 110 valence electrons. The minimum Gasteiger partial charge on any atom is -0.491 e. The maximum atomic E-state index is 12.2. The molecule has 0 aromatic heterocycles. The first-order valence-electron chi connectivity index (χ1n) is 7.38. The molecular weight excluding hydrogens is 252 g/mol. The Balaban J connectivity index is 1.96. The number of rotatable bonds is 4. The molecule has 1 aromatic rings. The lowest BCUT2D eigenvalue weighted by molar-refractivity contribution is -0.118. The summed E-state index contributed by atoms with van der Waals surface area (Å²) in [7, 11) is 0. The lowest BCUT2D eigenvalue weighted by Crippen LogP contribution is -2.47. The van der Waals surface area contributed by atoms with E-state index in [1.54, 1.807) is 0 Å². The number of carbonyl (C=O) groups excluding carboxylic acids is 1. The van der Waals surface area contributed by atoms with E-state index in [-0.39, 0.29) is 18.1 Å². The summed E-state index contributed by atoms with van der Waals surface area (Å²) in [6, 6.07) is 7.87. The summed E-state index contributed by atoms with van der Waals surface area (Å²) in [6.07, 6.45) is 3.27. The van der Waals surface area contributed by atoms with Gasteiger partial charge in [0.15, 0.2) is 0 Å². The smallest absolute Gasteiger partial charge is 0.241 e. The minimum atomic E-state index is -0.0894. The zero-order valence-electron chi connectivity index (χ0n) is 12.5. The largest absolute Gasteiger partial charge is 0.491 e.